The standard InChI is InChI=1S/C20H28N2O3/c1-12-5-6-13(2)20(14(12)3)25-11-19(24)22(4)17-7-15-9-18(23)21-10-16(15)8-17/h5-6,15-17H,7-11H2,1-4H3,(H,21,23)/t15-,16+,17-/m1/s1. The van der Waals surface area contributed by atoms with Crippen molar-refractivity contribution in [2.75, 3.05) is 20.2 Å². The number of likely N-dealkylation sites (N-methyl/N-ethyl adjacent to an activating group) is 1. The van der Waals surface area contributed by atoms with E-state index in [1.165, 1.54) is 5.56 Å². The van der Waals surface area contributed by atoms with Gasteiger partial charge in [0.1, 0.15) is 5.75 Å². The van der Waals surface area contributed by atoms with E-state index >= 15 is 0 Å². The van der Waals surface area contributed by atoms with Crippen LogP contribution in [0, 0.1) is 32.6 Å². The minimum absolute atomic E-state index is 0.00300. The van der Waals surface area contributed by atoms with Gasteiger partial charge in [0.2, 0.25) is 5.91 Å². The summed E-state index contributed by atoms with van der Waals surface area (Å²) in [4.78, 5) is 26.0. The molecule has 136 valence electrons. The van der Waals surface area contributed by atoms with E-state index in [2.05, 4.69) is 11.4 Å². The van der Waals surface area contributed by atoms with Crippen molar-refractivity contribution >= 4 is 11.8 Å². The number of hydrogen-bond donors (Lipinski definition) is 1. The number of benzene rings is 1. The maximum absolute atomic E-state index is 12.6. The second-order valence-corrected chi connectivity index (χ2v) is 7.60. The predicted octanol–water partition coefficient (Wildman–Crippen LogP) is 2.36. The zero-order valence-electron chi connectivity index (χ0n) is 15.6. The van der Waals surface area contributed by atoms with E-state index in [0.29, 0.717) is 18.3 Å². The van der Waals surface area contributed by atoms with E-state index in [0.717, 1.165) is 36.3 Å². The Morgan fingerprint density at radius 3 is 2.64 bits per heavy atom. The van der Waals surface area contributed by atoms with Gasteiger partial charge in [0, 0.05) is 26.1 Å². The van der Waals surface area contributed by atoms with Crippen LogP contribution >= 0.6 is 0 Å². The second-order valence-electron chi connectivity index (χ2n) is 7.60. The number of nitrogens with zero attached hydrogens (tertiary/aromatic N) is 1. The summed E-state index contributed by atoms with van der Waals surface area (Å²) in [6, 6.07) is 4.30. The molecule has 1 aromatic carbocycles. The summed E-state index contributed by atoms with van der Waals surface area (Å²) in [6.07, 6.45) is 2.49. The number of amides is 2. The molecule has 5 heteroatoms. The van der Waals surface area contributed by atoms with Crippen molar-refractivity contribution in [2.24, 2.45) is 11.8 Å². The number of carbonyl (C=O) groups is 2. The predicted molar refractivity (Wildman–Crippen MR) is 96.5 cm³/mol. The van der Waals surface area contributed by atoms with Gasteiger partial charge in [0.25, 0.3) is 5.91 Å². The topological polar surface area (TPSA) is 58.6 Å². The Balaban J connectivity index is 1.59. The first-order valence-electron chi connectivity index (χ1n) is 9.08. The van der Waals surface area contributed by atoms with Crippen molar-refractivity contribution in [3.8, 4) is 5.75 Å². The molecule has 1 N–H and O–H groups in total. The third-order valence-electron chi connectivity index (χ3n) is 5.98. The molecule has 0 radical (unpaired) electrons. The minimum Gasteiger partial charge on any atom is -0.483 e. The highest BCUT2D eigenvalue weighted by molar-refractivity contribution is 5.78. The van der Waals surface area contributed by atoms with Crippen LogP contribution in [0.25, 0.3) is 0 Å². The van der Waals surface area contributed by atoms with E-state index in [4.69, 9.17) is 4.74 Å². The van der Waals surface area contributed by atoms with E-state index in [1.54, 1.807) is 0 Å². The number of nitrogens with one attached hydrogen (secondary N) is 1. The lowest BCUT2D eigenvalue weighted by Gasteiger charge is -2.25. The first-order chi connectivity index (χ1) is 11.9. The average Bonchev–Trinajstić information content (AvgIpc) is 3.00. The molecule has 2 aliphatic rings. The summed E-state index contributed by atoms with van der Waals surface area (Å²) in [5, 5.41) is 2.94. The number of hydrogen-bond acceptors (Lipinski definition) is 3. The van der Waals surface area contributed by atoms with E-state index in [1.807, 2.05) is 38.8 Å². The van der Waals surface area contributed by atoms with Gasteiger partial charge in [-0.1, -0.05) is 12.1 Å². The van der Waals surface area contributed by atoms with Gasteiger partial charge < -0.3 is 15.0 Å². The Morgan fingerprint density at radius 1 is 1.20 bits per heavy atom. The average molecular weight is 344 g/mol. The molecular weight excluding hydrogens is 316 g/mol. The summed E-state index contributed by atoms with van der Waals surface area (Å²) < 4.78 is 5.87. The van der Waals surface area contributed by atoms with Crippen LogP contribution in [0.4, 0.5) is 0 Å². The normalized spacial score (nSPS) is 25.3. The molecule has 0 spiro atoms. The largest absolute Gasteiger partial charge is 0.483 e. The molecule has 0 unspecified atom stereocenters. The summed E-state index contributed by atoms with van der Waals surface area (Å²) in [6.45, 7) is 6.88. The van der Waals surface area contributed by atoms with Gasteiger partial charge in [0.05, 0.1) is 0 Å². The molecule has 1 aromatic rings. The van der Waals surface area contributed by atoms with Gasteiger partial charge in [-0.25, -0.2) is 0 Å². The fourth-order valence-corrected chi connectivity index (χ4v) is 4.14. The van der Waals surface area contributed by atoms with Crippen LogP contribution in [-0.4, -0.2) is 43.0 Å². The van der Waals surface area contributed by atoms with Crippen LogP contribution in [0.2, 0.25) is 0 Å². The van der Waals surface area contributed by atoms with Crippen LogP contribution in [0.15, 0.2) is 12.1 Å². The number of piperidine rings is 1. The maximum Gasteiger partial charge on any atom is 0.260 e. The Bertz CT molecular complexity index is 686. The number of aryl methyl sites for hydroxylation is 2. The van der Waals surface area contributed by atoms with Crippen molar-refractivity contribution in [1.29, 1.82) is 0 Å². The Morgan fingerprint density at radius 2 is 1.88 bits per heavy atom. The van der Waals surface area contributed by atoms with Crippen molar-refractivity contribution < 1.29 is 14.3 Å². The summed E-state index contributed by atoms with van der Waals surface area (Å²) in [5.74, 6) is 1.88. The van der Waals surface area contributed by atoms with Crippen LogP contribution < -0.4 is 10.1 Å². The first-order valence-corrected chi connectivity index (χ1v) is 9.08. The Hall–Kier alpha value is -2.04. The molecule has 1 saturated heterocycles. The van der Waals surface area contributed by atoms with Crippen LogP contribution in [0.5, 0.6) is 5.75 Å². The summed E-state index contributed by atoms with van der Waals surface area (Å²) >= 11 is 0. The number of ether oxygens (including phenoxy) is 1. The van der Waals surface area contributed by atoms with Crippen molar-refractivity contribution in [1.82, 2.24) is 10.2 Å². The zero-order valence-corrected chi connectivity index (χ0v) is 15.6. The summed E-state index contributed by atoms with van der Waals surface area (Å²) in [7, 11) is 1.86. The molecule has 1 aliphatic carbocycles. The van der Waals surface area contributed by atoms with E-state index in [9.17, 15) is 9.59 Å². The fourth-order valence-electron chi connectivity index (χ4n) is 4.14. The molecule has 0 bridgehead atoms. The molecule has 2 amide bonds. The molecule has 1 heterocycles. The van der Waals surface area contributed by atoms with Crippen molar-refractivity contribution in [3.05, 3.63) is 28.8 Å². The smallest absolute Gasteiger partial charge is 0.260 e. The molecule has 3 rings (SSSR count). The maximum atomic E-state index is 12.6. The SMILES string of the molecule is Cc1ccc(C)c(OCC(=O)N(C)[C@H]2C[C@H]3CNC(=O)C[C@H]3C2)c1C. The minimum atomic E-state index is 0.00300. The second kappa shape index (κ2) is 7.06. The van der Waals surface area contributed by atoms with Crippen molar-refractivity contribution in [2.45, 2.75) is 46.1 Å². The molecule has 5 nitrogen and oxygen atoms in total. The van der Waals surface area contributed by atoms with Gasteiger partial charge in [-0.3, -0.25) is 9.59 Å². The zero-order chi connectivity index (χ0) is 18.1. The number of rotatable bonds is 4. The number of fused-ring (bicyclic) bond motifs is 1. The highest BCUT2D eigenvalue weighted by atomic mass is 16.5. The monoisotopic (exact) mass is 344 g/mol. The molecule has 0 aromatic heterocycles. The fraction of sp³-hybridized carbons (Fsp3) is 0.600. The lowest BCUT2D eigenvalue weighted by molar-refractivity contribution is -0.134. The Kier molecular flexibility index (Phi) is 5.02. The van der Waals surface area contributed by atoms with Crippen LogP contribution in [-0.2, 0) is 9.59 Å². The molecule has 2 fully saturated rings. The quantitative estimate of drug-likeness (QED) is 0.912. The third kappa shape index (κ3) is 3.65. The van der Waals surface area contributed by atoms with Gasteiger partial charge in [-0.15, -0.1) is 0 Å². The van der Waals surface area contributed by atoms with Crippen LogP contribution in [0.1, 0.15) is 36.0 Å². The lowest BCUT2D eigenvalue weighted by Crippen LogP contribution is -2.39. The highest BCUT2D eigenvalue weighted by Crippen LogP contribution is 2.38. The lowest BCUT2D eigenvalue weighted by atomic mass is 9.89. The number of carbonyl (C=O) groups excluding carboxylic acids is 2. The van der Waals surface area contributed by atoms with Crippen LogP contribution in [0.3, 0.4) is 0 Å². The van der Waals surface area contributed by atoms with Gasteiger partial charge in [-0.05, 0) is 62.1 Å². The highest BCUT2D eigenvalue weighted by Gasteiger charge is 2.40. The molecule has 1 saturated carbocycles. The molecular formula is C20H28N2O3. The molecule has 25 heavy (non-hydrogen) atoms. The Labute approximate surface area is 149 Å². The van der Waals surface area contributed by atoms with Crippen molar-refractivity contribution in [3.63, 3.8) is 0 Å². The first kappa shape index (κ1) is 17.8. The van der Waals surface area contributed by atoms with Gasteiger partial charge in [0.15, 0.2) is 6.61 Å². The third-order valence-corrected chi connectivity index (χ3v) is 5.98. The van der Waals surface area contributed by atoms with Gasteiger partial charge >= 0.3 is 0 Å². The molecule has 1 aliphatic heterocycles. The van der Waals surface area contributed by atoms with Gasteiger partial charge in [-0.2, -0.15) is 0 Å². The molecule has 3 atom stereocenters. The van der Waals surface area contributed by atoms with E-state index in [-0.39, 0.29) is 24.5 Å². The summed E-state index contributed by atoms with van der Waals surface area (Å²) in [5.41, 5.74) is 3.31. The van der Waals surface area contributed by atoms with E-state index < -0.39 is 0 Å².